The van der Waals surface area contributed by atoms with Gasteiger partial charge in [-0.3, -0.25) is 5.43 Å². The molecule has 20 heavy (non-hydrogen) atoms. The molecule has 0 aliphatic carbocycles. The Morgan fingerprint density at radius 2 is 2.25 bits per heavy atom. The van der Waals surface area contributed by atoms with Crippen LogP contribution in [0.5, 0.6) is 5.75 Å². The number of hydrogen-bond acceptors (Lipinski definition) is 5. The Morgan fingerprint density at radius 3 is 2.85 bits per heavy atom. The number of benzene rings is 1. The first-order chi connectivity index (χ1) is 9.52. The molecule has 0 saturated carbocycles. The van der Waals surface area contributed by atoms with Crippen molar-refractivity contribution in [3.63, 3.8) is 0 Å². The van der Waals surface area contributed by atoms with Crippen LogP contribution in [-0.2, 0) is 0 Å². The van der Waals surface area contributed by atoms with Crippen molar-refractivity contribution >= 4 is 34.3 Å². The summed E-state index contributed by atoms with van der Waals surface area (Å²) in [6.07, 6.45) is 1.50. The van der Waals surface area contributed by atoms with Gasteiger partial charge in [-0.05, 0) is 25.5 Å². The Labute approximate surface area is 125 Å². The van der Waals surface area contributed by atoms with E-state index in [9.17, 15) is 4.39 Å². The van der Waals surface area contributed by atoms with Crippen molar-refractivity contribution < 1.29 is 9.13 Å². The normalized spacial score (nSPS) is 11.1. The third-order valence-electron chi connectivity index (χ3n) is 2.65. The molecular formula is C13H13ClFN3OS. The van der Waals surface area contributed by atoms with Gasteiger partial charge in [0.05, 0.1) is 24.0 Å². The van der Waals surface area contributed by atoms with E-state index in [1.807, 2.05) is 12.3 Å². The number of nitrogens with zero attached hydrogens (tertiary/aromatic N) is 2. The fourth-order valence-electron chi connectivity index (χ4n) is 1.60. The highest BCUT2D eigenvalue weighted by molar-refractivity contribution is 7.13. The van der Waals surface area contributed by atoms with Crippen molar-refractivity contribution in [3.8, 4) is 5.75 Å². The van der Waals surface area contributed by atoms with Gasteiger partial charge >= 0.3 is 0 Å². The van der Waals surface area contributed by atoms with Crippen molar-refractivity contribution in [2.45, 2.75) is 13.8 Å². The van der Waals surface area contributed by atoms with Crippen molar-refractivity contribution in [1.82, 2.24) is 4.98 Å². The molecule has 4 nitrogen and oxygen atoms in total. The zero-order chi connectivity index (χ0) is 14.7. The minimum Gasteiger partial charge on any atom is -0.492 e. The number of thiazole rings is 1. The topological polar surface area (TPSA) is 46.5 Å². The van der Waals surface area contributed by atoms with Crippen LogP contribution in [0.25, 0.3) is 0 Å². The molecule has 0 bridgehead atoms. The third-order valence-corrected chi connectivity index (χ3v) is 3.97. The Balaban J connectivity index is 2.21. The molecule has 1 heterocycles. The second-order valence-corrected chi connectivity index (χ2v) is 5.32. The number of nitrogens with one attached hydrogen (secondary N) is 1. The summed E-state index contributed by atoms with van der Waals surface area (Å²) in [5.74, 6) is -0.473. The Hall–Kier alpha value is -1.66. The van der Waals surface area contributed by atoms with Crippen molar-refractivity contribution in [3.05, 3.63) is 39.1 Å². The molecule has 0 aliphatic heterocycles. The zero-order valence-corrected chi connectivity index (χ0v) is 12.8. The molecule has 106 valence electrons. The van der Waals surface area contributed by atoms with Gasteiger partial charge in [0, 0.05) is 10.9 Å². The van der Waals surface area contributed by atoms with Gasteiger partial charge in [0.1, 0.15) is 0 Å². The maximum absolute atomic E-state index is 13.7. The lowest BCUT2D eigenvalue weighted by molar-refractivity contribution is 0.386. The van der Waals surface area contributed by atoms with E-state index in [2.05, 4.69) is 15.5 Å². The van der Waals surface area contributed by atoms with E-state index in [0.29, 0.717) is 16.3 Å². The first kappa shape index (κ1) is 14.7. The van der Waals surface area contributed by atoms with Crippen LogP contribution in [0.2, 0.25) is 5.02 Å². The number of anilines is 1. The maximum atomic E-state index is 13.7. The summed E-state index contributed by atoms with van der Waals surface area (Å²) in [4.78, 5) is 4.20. The van der Waals surface area contributed by atoms with Crippen molar-refractivity contribution in [1.29, 1.82) is 0 Å². The number of halogens is 2. The number of hydrazone groups is 1. The SMILES string of the molecule is COc1c(F)cc(C=NNc2nc(C)cs2)c(C)c1Cl. The minimum absolute atomic E-state index is 0.0461. The van der Waals surface area contributed by atoms with Gasteiger partial charge in [0.2, 0.25) is 5.13 Å². The van der Waals surface area contributed by atoms with Crippen LogP contribution in [0, 0.1) is 19.7 Å². The second-order valence-electron chi connectivity index (χ2n) is 4.08. The van der Waals surface area contributed by atoms with Crippen molar-refractivity contribution in [2.75, 3.05) is 12.5 Å². The van der Waals surface area contributed by atoms with E-state index < -0.39 is 5.82 Å². The number of rotatable bonds is 4. The predicted octanol–water partition coefficient (Wildman–Crippen LogP) is 4.01. The number of ether oxygens (including phenoxy) is 1. The van der Waals surface area contributed by atoms with Gasteiger partial charge in [-0.1, -0.05) is 11.6 Å². The molecule has 0 atom stereocenters. The number of hydrogen-bond donors (Lipinski definition) is 1. The van der Waals surface area contributed by atoms with Crippen LogP contribution < -0.4 is 10.2 Å². The van der Waals surface area contributed by atoms with Crippen LogP contribution in [0.15, 0.2) is 16.5 Å². The maximum Gasteiger partial charge on any atom is 0.203 e. The molecule has 1 aromatic heterocycles. The van der Waals surface area contributed by atoms with Crippen LogP contribution in [0.4, 0.5) is 9.52 Å². The molecule has 0 aliphatic rings. The average molecular weight is 314 g/mol. The van der Waals surface area contributed by atoms with Gasteiger partial charge in [0.15, 0.2) is 11.6 Å². The second kappa shape index (κ2) is 6.19. The first-order valence-corrected chi connectivity index (χ1v) is 7.02. The summed E-state index contributed by atoms with van der Waals surface area (Å²) >= 11 is 7.49. The highest BCUT2D eigenvalue weighted by atomic mass is 35.5. The molecule has 1 aromatic carbocycles. The van der Waals surface area contributed by atoms with E-state index in [0.717, 1.165) is 5.69 Å². The quantitative estimate of drug-likeness (QED) is 0.685. The van der Waals surface area contributed by atoms with Crippen LogP contribution >= 0.6 is 22.9 Å². The van der Waals surface area contributed by atoms with Crippen LogP contribution in [-0.4, -0.2) is 18.3 Å². The van der Waals surface area contributed by atoms with E-state index in [1.54, 1.807) is 6.92 Å². The van der Waals surface area contributed by atoms with Gasteiger partial charge in [-0.25, -0.2) is 9.37 Å². The molecule has 0 spiro atoms. The first-order valence-electron chi connectivity index (χ1n) is 5.76. The summed E-state index contributed by atoms with van der Waals surface area (Å²) in [6, 6.07) is 1.33. The van der Waals surface area contributed by atoms with Crippen molar-refractivity contribution in [2.24, 2.45) is 5.10 Å². The highest BCUT2D eigenvalue weighted by Crippen LogP contribution is 2.32. The van der Waals surface area contributed by atoms with E-state index in [-0.39, 0.29) is 10.8 Å². The van der Waals surface area contributed by atoms with Gasteiger partial charge in [0.25, 0.3) is 0 Å². The van der Waals surface area contributed by atoms with E-state index in [1.165, 1.54) is 30.7 Å². The minimum atomic E-state index is -0.519. The molecule has 0 amide bonds. The molecule has 2 aromatic rings. The Morgan fingerprint density at radius 1 is 1.50 bits per heavy atom. The smallest absolute Gasteiger partial charge is 0.203 e. The molecule has 0 radical (unpaired) electrons. The van der Waals surface area contributed by atoms with Crippen LogP contribution in [0.1, 0.15) is 16.8 Å². The number of methoxy groups -OCH3 is 1. The third kappa shape index (κ3) is 3.08. The lowest BCUT2D eigenvalue weighted by Crippen LogP contribution is -1.98. The van der Waals surface area contributed by atoms with E-state index >= 15 is 0 Å². The summed E-state index contributed by atoms with van der Waals surface area (Å²) < 4.78 is 18.7. The average Bonchev–Trinajstić information content (AvgIpc) is 2.82. The largest absolute Gasteiger partial charge is 0.492 e. The predicted molar refractivity (Wildman–Crippen MR) is 80.8 cm³/mol. The lowest BCUT2D eigenvalue weighted by atomic mass is 10.1. The van der Waals surface area contributed by atoms with E-state index in [4.69, 9.17) is 16.3 Å². The Kier molecular flexibility index (Phi) is 4.57. The fourth-order valence-corrected chi connectivity index (χ4v) is 2.51. The molecule has 1 N–H and O–H groups in total. The molecule has 0 fully saturated rings. The molecule has 2 rings (SSSR count). The molecule has 0 saturated heterocycles. The molecule has 7 heteroatoms. The standard InChI is InChI=1S/C13H13ClFN3OS/c1-7-6-20-13(17-7)18-16-5-9-4-10(15)12(19-3)11(14)8(9)2/h4-6H,1-3H3,(H,17,18). The Bertz CT molecular complexity index is 657. The number of aromatic nitrogens is 1. The zero-order valence-electron chi connectivity index (χ0n) is 11.2. The number of aryl methyl sites for hydroxylation is 1. The summed E-state index contributed by atoms with van der Waals surface area (Å²) in [5, 5.41) is 6.87. The fraction of sp³-hybridized carbons (Fsp3) is 0.231. The van der Waals surface area contributed by atoms with Gasteiger partial charge in [-0.15, -0.1) is 11.3 Å². The molecule has 0 unspecified atom stereocenters. The lowest BCUT2D eigenvalue weighted by Gasteiger charge is -2.09. The highest BCUT2D eigenvalue weighted by Gasteiger charge is 2.13. The summed E-state index contributed by atoms with van der Waals surface area (Å²) in [6.45, 7) is 3.67. The van der Waals surface area contributed by atoms with Crippen LogP contribution in [0.3, 0.4) is 0 Å². The summed E-state index contributed by atoms with van der Waals surface area (Å²) in [5.41, 5.74) is 4.99. The monoisotopic (exact) mass is 313 g/mol. The summed E-state index contributed by atoms with van der Waals surface area (Å²) in [7, 11) is 1.38. The van der Waals surface area contributed by atoms with Gasteiger partial charge in [-0.2, -0.15) is 5.10 Å². The van der Waals surface area contributed by atoms with Gasteiger partial charge < -0.3 is 4.74 Å². The molecular weight excluding hydrogens is 301 g/mol.